The largest absolute Gasteiger partial charge is 1.00 e. The van der Waals surface area contributed by atoms with E-state index in [1.165, 1.54) is 0 Å². The summed E-state index contributed by atoms with van der Waals surface area (Å²) in [5, 5.41) is 0. The number of halogens is 1. The van der Waals surface area contributed by atoms with Gasteiger partial charge < -0.3 is 10.7 Å². The Morgan fingerprint density at radius 2 is 1.36 bits per heavy atom. The van der Waals surface area contributed by atoms with Crippen molar-refractivity contribution in [3.05, 3.63) is 0 Å². The van der Waals surface area contributed by atoms with Gasteiger partial charge in [0.05, 0.1) is 11.9 Å². The molecular weight excluding hydrogens is 281 g/mol. The second-order valence-corrected chi connectivity index (χ2v) is 2.92. The fourth-order valence-electron chi connectivity index (χ4n) is 0.0691. The van der Waals surface area contributed by atoms with E-state index in [0.29, 0.717) is 0 Å². The molecule has 0 aliphatic heterocycles. The fourth-order valence-corrected chi connectivity index (χ4v) is 0.622. The van der Waals surface area contributed by atoms with E-state index in [4.69, 9.17) is 9.21 Å². The van der Waals surface area contributed by atoms with Gasteiger partial charge in [0.15, 0.2) is 0 Å². The maximum atomic E-state index is 9.48. The summed E-state index contributed by atoms with van der Waals surface area (Å²) in [7, 11) is -10.3. The second-order valence-electron chi connectivity index (χ2n) is 0.972. The first-order valence-electron chi connectivity index (χ1n) is 1.68. The molecule has 14 heavy (non-hydrogen) atoms. The van der Waals surface area contributed by atoms with Gasteiger partial charge in [-0.1, -0.05) is 8.67 Å². The minimum absolute atomic E-state index is 0. The molecule has 0 bridgehead atoms. The maximum absolute atomic E-state index is 9.48. The molecule has 0 heterocycles. The third kappa shape index (κ3) is 29.3. The van der Waals surface area contributed by atoms with Gasteiger partial charge in [-0.3, -0.25) is 9.21 Å². The molecule has 0 rings (SSSR count). The van der Waals surface area contributed by atoms with Gasteiger partial charge in [-0.2, -0.15) is 8.42 Å². The first kappa shape index (κ1) is 24.3. The van der Waals surface area contributed by atoms with Crippen molar-refractivity contribution in [2.24, 2.45) is 0 Å². The average Bonchev–Trinajstić information content (AvgIpc) is 1.86. The van der Waals surface area contributed by atoms with Gasteiger partial charge in [0.1, 0.15) is 0 Å². The average molecular weight is 286 g/mol. The number of hydrogen-bond donors (Lipinski definition) is 3. The van der Waals surface area contributed by atoms with E-state index >= 15 is 0 Å². The van der Waals surface area contributed by atoms with Crippen LogP contribution in [-0.4, -0.2) is 30.6 Å². The van der Waals surface area contributed by atoms with Gasteiger partial charge in [-0.15, -0.1) is 0 Å². The van der Waals surface area contributed by atoms with Crippen molar-refractivity contribution in [1.29, 1.82) is 0 Å². The topological polar surface area (TPSA) is 185 Å². The summed E-state index contributed by atoms with van der Waals surface area (Å²) in [6.07, 6.45) is 0. The van der Waals surface area contributed by atoms with E-state index in [0.717, 1.165) is 0 Å². The zero-order valence-corrected chi connectivity index (χ0v) is 11.0. The van der Waals surface area contributed by atoms with Crippen LogP contribution in [0.1, 0.15) is 0 Å². The monoisotopic (exact) mass is 285 g/mol. The minimum Gasteiger partial charge on any atom is -0.724 e. The molecule has 0 unspecified atom stereocenters. The summed E-state index contributed by atoms with van der Waals surface area (Å²) in [5.41, 5.74) is 0. The molecule has 5 N–H and O–H groups in total. The molecule has 14 heteroatoms. The van der Waals surface area contributed by atoms with Crippen LogP contribution in [0.2, 0.25) is 0 Å². The molecule has 0 spiro atoms. The molecule has 10 nitrogen and oxygen atoms in total. The molecule has 0 aromatic carbocycles. The quantitative estimate of drug-likeness (QED) is 0.150. The van der Waals surface area contributed by atoms with Crippen LogP contribution >= 0.6 is 11.9 Å². The molecule has 0 aliphatic rings. The summed E-state index contributed by atoms with van der Waals surface area (Å²) in [6, 6.07) is 0. The van der Waals surface area contributed by atoms with E-state index in [1.54, 1.807) is 0 Å². The molecule has 0 aromatic heterocycles. The molecule has 0 radical (unpaired) electrons. The first-order chi connectivity index (χ1) is 5.21. The Bertz CT molecular complexity index is 259. The maximum Gasteiger partial charge on any atom is 1.00 e. The van der Waals surface area contributed by atoms with Crippen molar-refractivity contribution >= 4 is 32.7 Å². The Balaban J connectivity index is -0.000000117. The predicted molar refractivity (Wildman–Crippen MR) is 36.5 cm³/mol. The molecule has 0 fully saturated rings. The normalized spacial score (nSPS) is 10.0. The predicted octanol–water partition coefficient (Wildman–Crippen LogP) is -4.50. The molecule has 0 aliphatic carbocycles. The zero-order valence-electron chi connectivity index (χ0n) is 6.65. The molecule has 0 aromatic rings. The van der Waals surface area contributed by atoms with Gasteiger partial charge in [-0.05, 0) is 0 Å². The summed E-state index contributed by atoms with van der Waals surface area (Å²) in [4.78, 5) is 0. The van der Waals surface area contributed by atoms with Crippen molar-refractivity contribution < 1.29 is 68.8 Å². The molecule has 84 valence electrons. The van der Waals surface area contributed by atoms with Crippen molar-refractivity contribution in [2.45, 2.75) is 0 Å². The van der Waals surface area contributed by atoms with E-state index in [1.807, 2.05) is 0 Å². The minimum atomic E-state index is -5.27. The second kappa shape index (κ2) is 10.5. The molecule has 0 amide bonds. The van der Waals surface area contributed by atoms with Gasteiger partial charge in [-0.25, -0.2) is 8.42 Å². The Kier molecular flexibility index (Phi) is 18.1. The standard InChI is InChI=1S/ClHO.H3N.Na.H2O8S2/c1-2;;;1-9(2,3)7-8-10(4,5)6/h2H;1H3;;(H,1,2,3)(H,4,5,6)/q;;+1;/p-1. The molecule has 0 saturated heterocycles. The van der Waals surface area contributed by atoms with Crippen molar-refractivity contribution in [1.82, 2.24) is 6.15 Å². The van der Waals surface area contributed by atoms with Gasteiger partial charge in [0, 0.05) is 0 Å². The van der Waals surface area contributed by atoms with Gasteiger partial charge >= 0.3 is 40.0 Å². The van der Waals surface area contributed by atoms with Crippen LogP contribution in [0.4, 0.5) is 0 Å². The van der Waals surface area contributed by atoms with Crippen LogP contribution in [0.15, 0.2) is 0 Å². The summed E-state index contributed by atoms with van der Waals surface area (Å²) in [6.45, 7) is 0. The molecule has 0 saturated carbocycles. The number of rotatable bonds is 3. The van der Waals surface area contributed by atoms with E-state index in [2.05, 4.69) is 20.5 Å². The smallest absolute Gasteiger partial charge is 0.724 e. The third-order valence-electron chi connectivity index (χ3n) is 0.197. The molecular formula is H5ClNNaO9S2. The van der Waals surface area contributed by atoms with Crippen LogP contribution in [0.25, 0.3) is 0 Å². The van der Waals surface area contributed by atoms with Gasteiger partial charge in [0.25, 0.3) is 0 Å². The Hall–Kier alpha value is 0.950. The van der Waals surface area contributed by atoms with Crippen LogP contribution in [0, 0.1) is 0 Å². The van der Waals surface area contributed by atoms with Crippen LogP contribution < -0.4 is 35.7 Å². The van der Waals surface area contributed by atoms with E-state index in [-0.39, 0.29) is 35.7 Å². The summed E-state index contributed by atoms with van der Waals surface area (Å²) >= 11 is 3.64. The summed E-state index contributed by atoms with van der Waals surface area (Å²) in [5.74, 6) is 0. The van der Waals surface area contributed by atoms with Crippen LogP contribution in [-0.2, 0) is 29.5 Å². The fraction of sp³-hybridized carbons (Fsp3) is 0. The van der Waals surface area contributed by atoms with E-state index < -0.39 is 20.8 Å². The number of hydrogen-bond acceptors (Lipinski definition) is 9. The van der Waals surface area contributed by atoms with Gasteiger partial charge in [0.2, 0.25) is 10.4 Å². The Labute approximate surface area is 107 Å². The van der Waals surface area contributed by atoms with E-state index in [9.17, 15) is 21.4 Å². The van der Waals surface area contributed by atoms with Crippen molar-refractivity contribution in [2.75, 3.05) is 0 Å². The third-order valence-corrected chi connectivity index (χ3v) is 0.758. The Morgan fingerprint density at radius 3 is 1.43 bits per heavy atom. The zero-order chi connectivity index (χ0) is 10.4. The Morgan fingerprint density at radius 1 is 1.07 bits per heavy atom. The summed E-state index contributed by atoms with van der Waals surface area (Å²) < 4.78 is 66.6. The van der Waals surface area contributed by atoms with Crippen LogP contribution in [0.3, 0.4) is 0 Å². The van der Waals surface area contributed by atoms with Crippen molar-refractivity contribution in [3.63, 3.8) is 0 Å². The molecule has 0 atom stereocenters. The SMILES string of the molecule is N.O=S(=O)([O-])OOS(=O)(=O)O.OCl.[Na+]. The van der Waals surface area contributed by atoms with Crippen molar-refractivity contribution in [3.8, 4) is 0 Å². The van der Waals surface area contributed by atoms with Crippen LogP contribution in [0.5, 0.6) is 0 Å². The first-order valence-corrected chi connectivity index (χ1v) is 4.72.